The number of sulfonamides is 1. The zero-order valence-electron chi connectivity index (χ0n) is 34.0. The lowest BCUT2D eigenvalue weighted by atomic mass is 9.93. The summed E-state index contributed by atoms with van der Waals surface area (Å²) < 4.78 is 43.1. The van der Waals surface area contributed by atoms with Crippen LogP contribution in [0.5, 0.6) is 5.75 Å². The van der Waals surface area contributed by atoms with Crippen LogP contribution in [-0.2, 0) is 21.2 Å². The average Bonchev–Trinajstić information content (AvgIpc) is 3.88. The summed E-state index contributed by atoms with van der Waals surface area (Å²) in [7, 11) is -4.49. The van der Waals surface area contributed by atoms with Crippen LogP contribution in [0.3, 0.4) is 0 Å². The second kappa shape index (κ2) is 17.4. The fourth-order valence-corrected chi connectivity index (χ4v) is 9.37. The molecule has 2 aromatic heterocycles. The van der Waals surface area contributed by atoms with Gasteiger partial charge in [-0.1, -0.05) is 29.3 Å². The predicted molar refractivity (Wildman–Crippen MR) is 225 cm³/mol. The molecule has 0 radical (unpaired) electrons. The van der Waals surface area contributed by atoms with Gasteiger partial charge in [0.2, 0.25) is 5.09 Å². The number of hydrogen-bond acceptors (Lipinski definition) is 8. The second-order valence-electron chi connectivity index (χ2n) is 15.8. The summed E-state index contributed by atoms with van der Waals surface area (Å²) in [5.41, 5.74) is 7.88. The number of ether oxygens (including phenoxy) is 1. The Bertz CT molecular complexity index is 2300. The fourth-order valence-electron chi connectivity index (χ4n) is 8.08. The number of fused-ring (bicyclic) bond motifs is 1. The molecule has 2 amide bonds. The van der Waals surface area contributed by atoms with Crippen LogP contribution in [0.1, 0.15) is 104 Å². The maximum Gasteiger partial charge on any atom is 0.297 e. The Morgan fingerprint density at radius 1 is 0.947 bits per heavy atom. The van der Waals surface area contributed by atoms with Crippen molar-refractivity contribution in [1.29, 1.82) is 0 Å². The molecule has 1 aliphatic carbocycles. The number of halogens is 2. The number of nitrogens with zero attached hydrogens (tertiary/aromatic N) is 3. The number of hydrogen-bond donors (Lipinski definition) is 2. The minimum Gasteiger partial charge on any atom is -0.494 e. The summed E-state index contributed by atoms with van der Waals surface area (Å²) in [5.74, 6) is -0.415. The molecule has 1 fully saturated rings. The molecule has 3 heterocycles. The van der Waals surface area contributed by atoms with E-state index in [1.165, 1.54) is 12.1 Å². The van der Waals surface area contributed by atoms with E-state index in [1.807, 2.05) is 56.6 Å². The first kappa shape index (κ1) is 42.5. The Balaban J connectivity index is 1.23. The van der Waals surface area contributed by atoms with Crippen LogP contribution >= 0.6 is 23.2 Å². The van der Waals surface area contributed by atoms with Crippen molar-refractivity contribution in [2.24, 2.45) is 5.92 Å². The lowest BCUT2D eigenvalue weighted by Gasteiger charge is -2.34. The standard InChI is InChI=1S/C43H53Cl2N5O6S/c1-24(2)49-17-15-30(16-18-49)23-46-43(52)37-13-14-38(56-37)57(53,54)48-42(51)35-22-34-33(32(35)10-9-19-55-31-20-26(5)41(45)27(6)21-31)11-12-36(44)40(34)39-28(7)47-50(25(3)4)29(39)8/h11-14,20-21,24-25,30H,9-10,15-19,22-23H2,1-8H3,(H,46,52)(H,48,51). The summed E-state index contributed by atoms with van der Waals surface area (Å²) >= 11 is 13.3. The van der Waals surface area contributed by atoms with Gasteiger partial charge in [-0.2, -0.15) is 13.5 Å². The Hall–Kier alpha value is -4.10. The number of benzene rings is 2. The molecule has 6 rings (SSSR count). The van der Waals surface area contributed by atoms with Crippen LogP contribution in [0.4, 0.5) is 0 Å². The zero-order valence-corrected chi connectivity index (χ0v) is 36.3. The fraction of sp³-hybridized carbons (Fsp3) is 0.465. The molecule has 14 heteroatoms. The monoisotopic (exact) mass is 837 g/mol. The number of rotatable bonds is 14. The Labute approximate surface area is 346 Å². The number of furan rings is 1. The van der Waals surface area contributed by atoms with E-state index in [4.69, 9.17) is 37.5 Å². The van der Waals surface area contributed by atoms with Gasteiger partial charge < -0.3 is 19.4 Å². The number of nitrogens with one attached hydrogen (secondary N) is 2. The van der Waals surface area contributed by atoms with E-state index in [9.17, 15) is 18.0 Å². The molecule has 0 spiro atoms. The Morgan fingerprint density at radius 3 is 2.26 bits per heavy atom. The summed E-state index contributed by atoms with van der Waals surface area (Å²) in [4.78, 5) is 29.6. The van der Waals surface area contributed by atoms with Crippen molar-refractivity contribution in [3.05, 3.63) is 91.4 Å². The number of aromatic nitrogens is 2. The molecule has 11 nitrogen and oxygen atoms in total. The molecule has 57 heavy (non-hydrogen) atoms. The van der Waals surface area contributed by atoms with Crippen molar-refractivity contribution < 1.29 is 27.2 Å². The molecule has 1 aliphatic heterocycles. The number of aryl methyl sites for hydroxylation is 3. The van der Waals surface area contributed by atoms with Gasteiger partial charge in [-0.25, -0.2) is 4.72 Å². The van der Waals surface area contributed by atoms with Gasteiger partial charge in [0.25, 0.3) is 21.8 Å². The van der Waals surface area contributed by atoms with Gasteiger partial charge >= 0.3 is 0 Å². The first-order chi connectivity index (χ1) is 27.0. The van der Waals surface area contributed by atoms with Crippen molar-refractivity contribution in [1.82, 2.24) is 24.7 Å². The molecule has 2 aromatic carbocycles. The van der Waals surface area contributed by atoms with Crippen molar-refractivity contribution in [2.45, 2.75) is 105 Å². The molecule has 0 saturated carbocycles. The van der Waals surface area contributed by atoms with Crippen molar-refractivity contribution in [3.63, 3.8) is 0 Å². The Kier molecular flexibility index (Phi) is 13.0. The van der Waals surface area contributed by atoms with E-state index < -0.39 is 26.9 Å². The largest absolute Gasteiger partial charge is 0.494 e. The maximum atomic E-state index is 14.2. The van der Waals surface area contributed by atoms with Gasteiger partial charge in [-0.05, 0) is 158 Å². The topological polar surface area (TPSA) is 136 Å². The predicted octanol–water partition coefficient (Wildman–Crippen LogP) is 8.79. The number of allylic oxidation sites excluding steroid dienone is 1. The van der Waals surface area contributed by atoms with Gasteiger partial charge in [0.1, 0.15) is 5.75 Å². The molecule has 0 bridgehead atoms. The quantitative estimate of drug-likeness (QED) is 0.120. The lowest BCUT2D eigenvalue weighted by Crippen LogP contribution is -2.41. The minimum absolute atomic E-state index is 0.113. The number of piperidine rings is 1. The van der Waals surface area contributed by atoms with E-state index in [1.54, 1.807) is 0 Å². The number of carbonyl (C=O) groups excluding carboxylic acids is 2. The molecular formula is C43H53Cl2N5O6S. The smallest absolute Gasteiger partial charge is 0.297 e. The SMILES string of the molecule is Cc1cc(OCCCC2=C(C(=O)NS(=O)(=O)c3ccc(C(=O)NCC4CCN(C(C)C)CC4)o3)Cc3c2ccc(Cl)c3-c2c(C)nn(C(C)C)c2C)cc(C)c1Cl. The number of likely N-dealkylation sites (tertiary alicyclic amines) is 1. The summed E-state index contributed by atoms with van der Waals surface area (Å²) in [6.45, 7) is 19.0. The molecule has 1 saturated heterocycles. The highest BCUT2D eigenvalue weighted by Crippen LogP contribution is 2.46. The second-order valence-corrected chi connectivity index (χ2v) is 18.2. The van der Waals surface area contributed by atoms with Crippen molar-refractivity contribution in [2.75, 3.05) is 26.2 Å². The van der Waals surface area contributed by atoms with E-state index >= 15 is 0 Å². The molecule has 2 N–H and O–H groups in total. The van der Waals surface area contributed by atoms with Crippen molar-refractivity contribution >= 4 is 50.6 Å². The van der Waals surface area contributed by atoms with Crippen LogP contribution < -0.4 is 14.8 Å². The summed E-state index contributed by atoms with van der Waals surface area (Å²) in [6, 6.07) is 10.6. The van der Waals surface area contributed by atoms with Crippen LogP contribution in [0.15, 0.2) is 51.5 Å². The minimum atomic E-state index is -4.49. The van der Waals surface area contributed by atoms with E-state index in [-0.39, 0.29) is 18.2 Å². The first-order valence-electron chi connectivity index (χ1n) is 19.6. The van der Waals surface area contributed by atoms with Gasteiger partial charge in [-0.15, -0.1) is 0 Å². The molecule has 2 aliphatic rings. The van der Waals surface area contributed by atoms with Gasteiger partial charge in [0.15, 0.2) is 5.76 Å². The summed E-state index contributed by atoms with van der Waals surface area (Å²) in [6.07, 6.45) is 3.04. The van der Waals surface area contributed by atoms with Gasteiger partial charge in [0.05, 0.1) is 12.3 Å². The van der Waals surface area contributed by atoms with E-state index in [2.05, 4.69) is 42.6 Å². The molecule has 306 valence electrons. The van der Waals surface area contributed by atoms with Crippen molar-refractivity contribution in [3.8, 4) is 16.9 Å². The third-order valence-corrected chi connectivity index (χ3v) is 13.2. The van der Waals surface area contributed by atoms with Crippen LogP contribution in [-0.4, -0.2) is 67.2 Å². The zero-order chi connectivity index (χ0) is 41.3. The molecule has 0 unspecified atom stereocenters. The first-order valence-corrected chi connectivity index (χ1v) is 21.9. The molecule has 0 atom stereocenters. The van der Waals surface area contributed by atoms with Crippen LogP contribution in [0.2, 0.25) is 10.0 Å². The number of carbonyl (C=O) groups is 2. The van der Waals surface area contributed by atoms with E-state index in [0.29, 0.717) is 64.9 Å². The third-order valence-electron chi connectivity index (χ3n) is 11.1. The third kappa shape index (κ3) is 9.14. The highest BCUT2D eigenvalue weighted by atomic mass is 35.5. The lowest BCUT2D eigenvalue weighted by molar-refractivity contribution is -0.115. The van der Waals surface area contributed by atoms with E-state index in [0.717, 1.165) is 70.7 Å². The van der Waals surface area contributed by atoms with Crippen LogP contribution in [0, 0.1) is 33.6 Å². The molecule has 4 aromatic rings. The van der Waals surface area contributed by atoms with Gasteiger partial charge in [0, 0.05) is 57.5 Å². The normalized spacial score (nSPS) is 15.2. The maximum absolute atomic E-state index is 14.2. The highest BCUT2D eigenvalue weighted by molar-refractivity contribution is 7.90. The van der Waals surface area contributed by atoms with Crippen LogP contribution in [0.25, 0.3) is 16.7 Å². The average molecular weight is 839 g/mol. The highest BCUT2D eigenvalue weighted by Gasteiger charge is 2.34. The molecular weight excluding hydrogens is 785 g/mol. The van der Waals surface area contributed by atoms with Gasteiger partial charge in [-0.3, -0.25) is 14.3 Å². The number of amides is 2. The Morgan fingerprint density at radius 2 is 1.63 bits per heavy atom. The summed E-state index contributed by atoms with van der Waals surface area (Å²) in [5, 5.41) is 8.36.